The number of carbonyl (C=O) groups excluding carboxylic acids is 1. The Kier molecular flexibility index (Phi) is 4.73. The second kappa shape index (κ2) is 7.48. The van der Waals surface area contributed by atoms with Gasteiger partial charge >= 0.3 is 0 Å². The van der Waals surface area contributed by atoms with Crippen molar-refractivity contribution in [1.82, 2.24) is 0 Å². The fourth-order valence-corrected chi connectivity index (χ4v) is 3.46. The van der Waals surface area contributed by atoms with Gasteiger partial charge in [0.15, 0.2) is 6.61 Å². The highest BCUT2D eigenvalue weighted by Gasteiger charge is 2.16. The van der Waals surface area contributed by atoms with Gasteiger partial charge in [0.1, 0.15) is 5.75 Å². The summed E-state index contributed by atoms with van der Waals surface area (Å²) in [6.07, 6.45) is 2.40. The van der Waals surface area contributed by atoms with Crippen LogP contribution in [-0.4, -0.2) is 25.6 Å². The van der Waals surface area contributed by atoms with Crippen LogP contribution in [0.4, 0.5) is 11.4 Å². The minimum Gasteiger partial charge on any atom is -0.483 e. The Bertz CT molecular complexity index is 911. The smallest absolute Gasteiger partial charge is 0.262 e. The maximum atomic E-state index is 12.4. The number of nitrogens with zero attached hydrogens (tertiary/aromatic N) is 1. The number of hydrogen-bond acceptors (Lipinski definition) is 3. The number of nitrogens with one attached hydrogen (secondary N) is 1. The van der Waals surface area contributed by atoms with Crippen LogP contribution in [0, 0.1) is 0 Å². The molecule has 3 aromatic carbocycles. The maximum Gasteiger partial charge on any atom is 0.262 e. The van der Waals surface area contributed by atoms with Gasteiger partial charge in [-0.15, -0.1) is 0 Å². The van der Waals surface area contributed by atoms with Crippen molar-refractivity contribution < 1.29 is 9.53 Å². The molecule has 1 aliphatic rings. The van der Waals surface area contributed by atoms with E-state index in [1.54, 1.807) is 0 Å². The number of hydrogen-bond donors (Lipinski definition) is 1. The third kappa shape index (κ3) is 3.49. The summed E-state index contributed by atoms with van der Waals surface area (Å²) in [5.74, 6) is 0.579. The SMILES string of the molecule is O=C(COc1cccc2ccccc12)Nc1ccccc1N1CCCC1. The molecule has 0 aromatic heterocycles. The van der Waals surface area contributed by atoms with Crippen LogP contribution in [0.15, 0.2) is 66.7 Å². The van der Waals surface area contributed by atoms with Gasteiger partial charge in [0, 0.05) is 18.5 Å². The van der Waals surface area contributed by atoms with Crippen LogP contribution in [0.1, 0.15) is 12.8 Å². The number of benzene rings is 3. The van der Waals surface area contributed by atoms with Crippen LogP contribution < -0.4 is 15.0 Å². The zero-order chi connectivity index (χ0) is 17.8. The Morgan fingerprint density at radius 3 is 2.54 bits per heavy atom. The molecule has 0 bridgehead atoms. The second-order valence-corrected chi connectivity index (χ2v) is 6.53. The fourth-order valence-electron chi connectivity index (χ4n) is 3.46. The Labute approximate surface area is 153 Å². The summed E-state index contributed by atoms with van der Waals surface area (Å²) in [6, 6.07) is 21.8. The molecule has 0 saturated carbocycles. The van der Waals surface area contributed by atoms with E-state index in [-0.39, 0.29) is 12.5 Å². The molecule has 0 spiro atoms. The molecular weight excluding hydrogens is 324 g/mol. The van der Waals surface area contributed by atoms with Crippen molar-refractivity contribution >= 4 is 28.1 Å². The Morgan fingerprint density at radius 1 is 0.923 bits per heavy atom. The van der Waals surface area contributed by atoms with Crippen molar-refractivity contribution in [3.8, 4) is 5.75 Å². The molecule has 1 heterocycles. The summed E-state index contributed by atoms with van der Waals surface area (Å²) in [4.78, 5) is 14.8. The number of anilines is 2. The molecule has 132 valence electrons. The van der Waals surface area contributed by atoms with Crippen LogP contribution in [0.3, 0.4) is 0 Å². The molecule has 1 fully saturated rings. The summed E-state index contributed by atoms with van der Waals surface area (Å²) in [5, 5.41) is 5.12. The topological polar surface area (TPSA) is 41.6 Å². The number of fused-ring (bicyclic) bond motifs is 1. The first-order valence-corrected chi connectivity index (χ1v) is 9.06. The highest BCUT2D eigenvalue weighted by atomic mass is 16.5. The summed E-state index contributed by atoms with van der Waals surface area (Å²) >= 11 is 0. The molecular formula is C22H22N2O2. The number of rotatable bonds is 5. The average Bonchev–Trinajstić information content (AvgIpc) is 3.21. The molecule has 26 heavy (non-hydrogen) atoms. The van der Waals surface area contributed by atoms with Crippen LogP contribution in [0.5, 0.6) is 5.75 Å². The Hall–Kier alpha value is -3.01. The lowest BCUT2D eigenvalue weighted by atomic mass is 10.1. The second-order valence-electron chi connectivity index (χ2n) is 6.53. The fraction of sp³-hybridized carbons (Fsp3) is 0.227. The van der Waals surface area contributed by atoms with Gasteiger partial charge in [0.25, 0.3) is 5.91 Å². The van der Waals surface area contributed by atoms with E-state index in [1.807, 2.05) is 60.7 Å². The third-order valence-corrected chi connectivity index (χ3v) is 4.73. The number of para-hydroxylation sites is 2. The lowest BCUT2D eigenvalue weighted by Gasteiger charge is -2.21. The van der Waals surface area contributed by atoms with E-state index in [2.05, 4.69) is 16.3 Å². The van der Waals surface area contributed by atoms with E-state index < -0.39 is 0 Å². The molecule has 0 radical (unpaired) electrons. The Balaban J connectivity index is 1.45. The average molecular weight is 346 g/mol. The van der Waals surface area contributed by atoms with E-state index in [4.69, 9.17) is 4.74 Å². The molecule has 3 aromatic rings. The predicted octanol–water partition coefficient (Wildman–Crippen LogP) is 4.46. The van der Waals surface area contributed by atoms with E-state index in [1.165, 1.54) is 12.8 Å². The van der Waals surface area contributed by atoms with Crippen molar-refractivity contribution in [2.75, 3.05) is 29.9 Å². The molecule has 1 N–H and O–H groups in total. The lowest BCUT2D eigenvalue weighted by Crippen LogP contribution is -2.24. The van der Waals surface area contributed by atoms with Crippen molar-refractivity contribution in [3.05, 3.63) is 66.7 Å². The molecule has 0 atom stereocenters. The molecule has 0 unspecified atom stereocenters. The monoisotopic (exact) mass is 346 g/mol. The molecule has 0 aliphatic carbocycles. The minimum atomic E-state index is -0.149. The van der Waals surface area contributed by atoms with Gasteiger partial charge in [-0.1, -0.05) is 48.5 Å². The van der Waals surface area contributed by atoms with Crippen LogP contribution >= 0.6 is 0 Å². The van der Waals surface area contributed by atoms with E-state index in [0.29, 0.717) is 0 Å². The lowest BCUT2D eigenvalue weighted by molar-refractivity contribution is -0.118. The highest BCUT2D eigenvalue weighted by molar-refractivity contribution is 5.96. The van der Waals surface area contributed by atoms with Crippen molar-refractivity contribution in [2.45, 2.75) is 12.8 Å². The van der Waals surface area contributed by atoms with Gasteiger partial charge in [0.05, 0.1) is 11.4 Å². The van der Waals surface area contributed by atoms with E-state index in [9.17, 15) is 4.79 Å². The number of ether oxygens (including phenoxy) is 1. The third-order valence-electron chi connectivity index (χ3n) is 4.73. The molecule has 4 rings (SSSR count). The minimum absolute atomic E-state index is 0.0116. The van der Waals surface area contributed by atoms with Crippen LogP contribution in [0.25, 0.3) is 10.8 Å². The van der Waals surface area contributed by atoms with E-state index >= 15 is 0 Å². The molecule has 4 nitrogen and oxygen atoms in total. The summed E-state index contributed by atoms with van der Waals surface area (Å²) < 4.78 is 5.79. The first-order chi connectivity index (χ1) is 12.8. The van der Waals surface area contributed by atoms with Gasteiger partial charge in [-0.2, -0.15) is 0 Å². The first-order valence-electron chi connectivity index (χ1n) is 9.06. The summed E-state index contributed by atoms with van der Waals surface area (Å²) in [5.41, 5.74) is 1.93. The molecule has 4 heteroatoms. The first kappa shape index (κ1) is 16.5. The Morgan fingerprint density at radius 2 is 1.65 bits per heavy atom. The molecule has 1 aliphatic heterocycles. The van der Waals surface area contributed by atoms with Crippen molar-refractivity contribution in [2.24, 2.45) is 0 Å². The zero-order valence-electron chi connectivity index (χ0n) is 14.7. The number of carbonyl (C=O) groups is 1. The molecule has 1 saturated heterocycles. The number of amides is 1. The van der Waals surface area contributed by atoms with Gasteiger partial charge < -0.3 is 15.0 Å². The van der Waals surface area contributed by atoms with Crippen LogP contribution in [-0.2, 0) is 4.79 Å². The van der Waals surface area contributed by atoms with Gasteiger partial charge in [-0.3, -0.25) is 4.79 Å². The maximum absolute atomic E-state index is 12.4. The predicted molar refractivity (Wildman–Crippen MR) is 106 cm³/mol. The zero-order valence-corrected chi connectivity index (χ0v) is 14.7. The largest absolute Gasteiger partial charge is 0.483 e. The summed E-state index contributed by atoms with van der Waals surface area (Å²) in [7, 11) is 0. The standard InChI is InChI=1S/C22H22N2O2/c25-22(16-26-21-13-7-9-17-8-1-2-10-18(17)21)23-19-11-3-4-12-20(19)24-14-5-6-15-24/h1-4,7-13H,5-6,14-16H2,(H,23,25). The van der Waals surface area contributed by atoms with Crippen molar-refractivity contribution in [1.29, 1.82) is 0 Å². The van der Waals surface area contributed by atoms with Crippen molar-refractivity contribution in [3.63, 3.8) is 0 Å². The summed E-state index contributed by atoms with van der Waals surface area (Å²) in [6.45, 7) is 2.07. The van der Waals surface area contributed by atoms with Gasteiger partial charge in [-0.05, 0) is 36.4 Å². The molecule has 1 amide bonds. The quantitative estimate of drug-likeness (QED) is 0.742. The highest BCUT2D eigenvalue weighted by Crippen LogP contribution is 2.29. The normalized spacial score (nSPS) is 13.8. The van der Waals surface area contributed by atoms with Gasteiger partial charge in [0.2, 0.25) is 0 Å². The van der Waals surface area contributed by atoms with Crippen LogP contribution in [0.2, 0.25) is 0 Å². The van der Waals surface area contributed by atoms with E-state index in [0.717, 1.165) is 41.0 Å². The van der Waals surface area contributed by atoms with Gasteiger partial charge in [-0.25, -0.2) is 0 Å².